The van der Waals surface area contributed by atoms with Gasteiger partial charge in [0.25, 0.3) is 0 Å². The van der Waals surface area contributed by atoms with Gasteiger partial charge in [-0.3, -0.25) is 9.58 Å². The molecule has 2 heterocycles. The monoisotopic (exact) mass is 259 g/mol. The molecule has 14 heavy (non-hydrogen) atoms. The summed E-state index contributed by atoms with van der Waals surface area (Å²) in [5.74, 6) is 0. The molecule has 78 valence electrons. The van der Waals surface area contributed by atoms with Crippen LogP contribution in [-0.4, -0.2) is 40.5 Å². The van der Waals surface area contributed by atoms with E-state index in [2.05, 4.69) is 32.9 Å². The van der Waals surface area contributed by atoms with Crippen LogP contribution in [-0.2, 0) is 11.4 Å². The molecule has 2 rings (SSSR count). The molecular weight excluding hydrogens is 246 g/mol. The van der Waals surface area contributed by atoms with Gasteiger partial charge in [0, 0.05) is 18.8 Å². The standard InChI is InChI=1S/C9H14BrN3O/c1-8-6-14-3-2-12(8)7-13-5-9(10)4-11-13/h4-5,8H,2-3,6-7H2,1H3. The van der Waals surface area contributed by atoms with Crippen molar-refractivity contribution in [3.8, 4) is 0 Å². The zero-order valence-electron chi connectivity index (χ0n) is 8.19. The molecule has 0 aliphatic carbocycles. The number of hydrogen-bond acceptors (Lipinski definition) is 3. The fourth-order valence-electron chi connectivity index (χ4n) is 1.57. The van der Waals surface area contributed by atoms with E-state index in [0.717, 1.165) is 30.9 Å². The Morgan fingerprint density at radius 1 is 1.71 bits per heavy atom. The van der Waals surface area contributed by atoms with Crippen molar-refractivity contribution in [1.82, 2.24) is 14.7 Å². The molecule has 0 spiro atoms. The summed E-state index contributed by atoms with van der Waals surface area (Å²) in [6, 6.07) is 0.478. The lowest BCUT2D eigenvalue weighted by Gasteiger charge is -2.32. The third-order valence-electron chi connectivity index (χ3n) is 2.43. The second-order valence-corrected chi connectivity index (χ2v) is 4.49. The molecule has 0 bridgehead atoms. The van der Waals surface area contributed by atoms with Gasteiger partial charge in [0.1, 0.15) is 0 Å². The molecule has 0 amide bonds. The maximum atomic E-state index is 5.37. The SMILES string of the molecule is CC1COCCN1Cn1cc(Br)cn1. The number of rotatable bonds is 2. The van der Waals surface area contributed by atoms with Crippen LogP contribution in [0.5, 0.6) is 0 Å². The van der Waals surface area contributed by atoms with E-state index in [9.17, 15) is 0 Å². The third kappa shape index (κ3) is 2.34. The van der Waals surface area contributed by atoms with Crippen molar-refractivity contribution in [2.45, 2.75) is 19.6 Å². The van der Waals surface area contributed by atoms with Crippen LogP contribution in [0.4, 0.5) is 0 Å². The van der Waals surface area contributed by atoms with Crippen LogP contribution in [0.15, 0.2) is 16.9 Å². The van der Waals surface area contributed by atoms with Gasteiger partial charge in [-0.05, 0) is 22.9 Å². The minimum atomic E-state index is 0.478. The van der Waals surface area contributed by atoms with Crippen molar-refractivity contribution in [3.05, 3.63) is 16.9 Å². The van der Waals surface area contributed by atoms with Crippen LogP contribution in [0.1, 0.15) is 6.92 Å². The molecule has 1 aromatic heterocycles. The summed E-state index contributed by atoms with van der Waals surface area (Å²) in [6.07, 6.45) is 3.80. The van der Waals surface area contributed by atoms with Crippen molar-refractivity contribution in [2.24, 2.45) is 0 Å². The minimum absolute atomic E-state index is 0.478. The second-order valence-electron chi connectivity index (χ2n) is 3.58. The molecular formula is C9H14BrN3O. The fraction of sp³-hybridized carbons (Fsp3) is 0.667. The van der Waals surface area contributed by atoms with Crippen LogP contribution in [0.2, 0.25) is 0 Å². The van der Waals surface area contributed by atoms with E-state index in [1.807, 2.05) is 17.1 Å². The highest BCUT2D eigenvalue weighted by Crippen LogP contribution is 2.10. The number of morpholine rings is 1. The molecule has 1 aliphatic rings. The molecule has 5 heteroatoms. The second kappa shape index (κ2) is 4.42. The topological polar surface area (TPSA) is 30.3 Å². The summed E-state index contributed by atoms with van der Waals surface area (Å²) in [7, 11) is 0. The molecule has 4 nitrogen and oxygen atoms in total. The molecule has 1 atom stereocenters. The Kier molecular flexibility index (Phi) is 3.20. The van der Waals surface area contributed by atoms with E-state index in [1.54, 1.807) is 0 Å². The van der Waals surface area contributed by atoms with Crippen LogP contribution in [0.3, 0.4) is 0 Å². The fourth-order valence-corrected chi connectivity index (χ4v) is 1.90. The first-order valence-corrected chi connectivity index (χ1v) is 5.55. The number of halogens is 1. The summed E-state index contributed by atoms with van der Waals surface area (Å²) in [5, 5.41) is 4.23. The van der Waals surface area contributed by atoms with Gasteiger partial charge in [-0.2, -0.15) is 5.10 Å². The Labute approximate surface area is 92.0 Å². The number of aromatic nitrogens is 2. The van der Waals surface area contributed by atoms with E-state index in [0.29, 0.717) is 6.04 Å². The van der Waals surface area contributed by atoms with Crippen LogP contribution in [0, 0.1) is 0 Å². The molecule has 1 unspecified atom stereocenters. The lowest BCUT2D eigenvalue weighted by Crippen LogP contribution is -2.44. The van der Waals surface area contributed by atoms with Gasteiger partial charge in [-0.1, -0.05) is 0 Å². The zero-order valence-corrected chi connectivity index (χ0v) is 9.77. The number of hydrogen-bond donors (Lipinski definition) is 0. The van der Waals surface area contributed by atoms with Gasteiger partial charge in [0.05, 0.1) is 30.6 Å². The minimum Gasteiger partial charge on any atom is -0.379 e. The summed E-state index contributed by atoms with van der Waals surface area (Å²) in [4.78, 5) is 2.36. The van der Waals surface area contributed by atoms with Gasteiger partial charge in [-0.25, -0.2) is 0 Å². The molecule has 1 fully saturated rings. The molecule has 1 aromatic rings. The highest BCUT2D eigenvalue weighted by atomic mass is 79.9. The van der Waals surface area contributed by atoms with Crippen molar-refractivity contribution in [3.63, 3.8) is 0 Å². The van der Waals surface area contributed by atoms with Crippen LogP contribution >= 0.6 is 15.9 Å². The van der Waals surface area contributed by atoms with E-state index in [-0.39, 0.29) is 0 Å². The van der Waals surface area contributed by atoms with E-state index in [4.69, 9.17) is 4.74 Å². The van der Waals surface area contributed by atoms with Crippen molar-refractivity contribution in [2.75, 3.05) is 19.8 Å². The van der Waals surface area contributed by atoms with E-state index < -0.39 is 0 Å². The summed E-state index contributed by atoms with van der Waals surface area (Å²) in [6.45, 7) is 5.65. The highest BCUT2D eigenvalue weighted by molar-refractivity contribution is 9.10. The maximum Gasteiger partial charge on any atom is 0.0933 e. The van der Waals surface area contributed by atoms with Gasteiger partial charge in [0.2, 0.25) is 0 Å². The van der Waals surface area contributed by atoms with Crippen molar-refractivity contribution < 1.29 is 4.74 Å². The third-order valence-corrected chi connectivity index (χ3v) is 2.84. The van der Waals surface area contributed by atoms with E-state index in [1.165, 1.54) is 0 Å². The lowest BCUT2D eigenvalue weighted by molar-refractivity contribution is -0.0172. The zero-order chi connectivity index (χ0) is 9.97. The molecule has 1 aliphatic heterocycles. The largest absolute Gasteiger partial charge is 0.379 e. The molecule has 0 saturated carbocycles. The highest BCUT2D eigenvalue weighted by Gasteiger charge is 2.18. The Morgan fingerprint density at radius 2 is 2.57 bits per heavy atom. The average molecular weight is 260 g/mol. The Bertz CT molecular complexity index is 302. The first kappa shape index (κ1) is 10.1. The molecule has 0 aromatic carbocycles. The Morgan fingerprint density at radius 3 is 3.21 bits per heavy atom. The molecule has 0 N–H and O–H groups in total. The Hall–Kier alpha value is -0.390. The first-order valence-electron chi connectivity index (χ1n) is 4.75. The molecule has 1 saturated heterocycles. The van der Waals surface area contributed by atoms with Crippen molar-refractivity contribution >= 4 is 15.9 Å². The predicted molar refractivity (Wildman–Crippen MR) is 56.9 cm³/mol. The summed E-state index contributed by atoms with van der Waals surface area (Å²) < 4.78 is 8.34. The molecule has 0 radical (unpaired) electrons. The summed E-state index contributed by atoms with van der Waals surface area (Å²) in [5.41, 5.74) is 0. The summed E-state index contributed by atoms with van der Waals surface area (Å²) >= 11 is 3.39. The van der Waals surface area contributed by atoms with E-state index >= 15 is 0 Å². The maximum absolute atomic E-state index is 5.37. The first-order chi connectivity index (χ1) is 6.75. The average Bonchev–Trinajstić information content (AvgIpc) is 2.56. The number of ether oxygens (including phenoxy) is 1. The van der Waals surface area contributed by atoms with Gasteiger partial charge < -0.3 is 4.74 Å². The van der Waals surface area contributed by atoms with Crippen molar-refractivity contribution in [1.29, 1.82) is 0 Å². The number of nitrogens with zero attached hydrogens (tertiary/aromatic N) is 3. The van der Waals surface area contributed by atoms with Crippen LogP contribution < -0.4 is 0 Å². The van der Waals surface area contributed by atoms with Gasteiger partial charge in [-0.15, -0.1) is 0 Å². The smallest absolute Gasteiger partial charge is 0.0933 e. The Balaban J connectivity index is 1.95. The van der Waals surface area contributed by atoms with Gasteiger partial charge >= 0.3 is 0 Å². The normalized spacial score (nSPS) is 24.0. The predicted octanol–water partition coefficient (Wildman–Crippen LogP) is 1.32. The quantitative estimate of drug-likeness (QED) is 0.803. The van der Waals surface area contributed by atoms with Gasteiger partial charge in [0.15, 0.2) is 0 Å². The van der Waals surface area contributed by atoms with Crippen LogP contribution in [0.25, 0.3) is 0 Å². The lowest BCUT2D eigenvalue weighted by atomic mass is 10.3.